The maximum absolute atomic E-state index is 10.8. The van der Waals surface area contributed by atoms with Crippen molar-refractivity contribution in [3.8, 4) is 0 Å². The molecule has 1 aliphatic rings. The normalized spacial score (nSPS) is 32.2. The van der Waals surface area contributed by atoms with E-state index in [-0.39, 0.29) is 18.1 Å². The van der Waals surface area contributed by atoms with Gasteiger partial charge in [-0.3, -0.25) is 4.79 Å². The van der Waals surface area contributed by atoms with Gasteiger partial charge in [0.25, 0.3) is 0 Å². The second kappa shape index (κ2) is 2.98. The Morgan fingerprint density at radius 2 is 2.50 bits per heavy atom. The molecule has 10 heavy (non-hydrogen) atoms. The first kappa shape index (κ1) is 7.50. The summed E-state index contributed by atoms with van der Waals surface area (Å²) in [6, 6.07) is -0.0795. The van der Waals surface area contributed by atoms with E-state index in [1.807, 2.05) is 0 Å². The second-order valence-electron chi connectivity index (χ2n) is 2.48. The van der Waals surface area contributed by atoms with Crippen LogP contribution in [0.1, 0.15) is 6.42 Å². The van der Waals surface area contributed by atoms with Gasteiger partial charge in [0.2, 0.25) is 0 Å². The predicted molar refractivity (Wildman–Crippen MR) is 36.4 cm³/mol. The van der Waals surface area contributed by atoms with E-state index in [0.29, 0.717) is 13.0 Å². The molecule has 3 N–H and O–H groups in total. The van der Waals surface area contributed by atoms with Crippen LogP contribution in [0.3, 0.4) is 0 Å². The molecule has 0 saturated carbocycles. The van der Waals surface area contributed by atoms with E-state index >= 15 is 0 Å². The zero-order chi connectivity index (χ0) is 7.56. The van der Waals surface area contributed by atoms with Gasteiger partial charge in [-0.15, -0.1) is 0 Å². The van der Waals surface area contributed by atoms with Crippen LogP contribution in [0.5, 0.6) is 0 Å². The molecule has 0 bridgehead atoms. The predicted octanol–water partition coefficient (Wildman–Crippen LogP) is -1.15. The Balaban J connectivity index is 2.37. The molecule has 0 aromatic carbocycles. The number of carbonyl (C=O) groups is 1. The third-order valence-electron chi connectivity index (χ3n) is 1.65. The molecule has 1 unspecified atom stereocenters. The molecule has 1 aliphatic heterocycles. The van der Waals surface area contributed by atoms with Crippen molar-refractivity contribution in [1.82, 2.24) is 5.32 Å². The number of carbonyl (C=O) groups excluding carboxylic acids is 1. The van der Waals surface area contributed by atoms with Crippen molar-refractivity contribution < 1.29 is 9.53 Å². The average molecular weight is 144 g/mol. The maximum atomic E-state index is 10.8. The molecule has 1 rings (SSSR count). The van der Waals surface area contributed by atoms with Crippen LogP contribution in [0.15, 0.2) is 0 Å². The Labute approximate surface area is 59.7 Å². The molecule has 0 amide bonds. The summed E-state index contributed by atoms with van der Waals surface area (Å²) in [6.07, 6.45) is 0.687. The summed E-state index contributed by atoms with van der Waals surface area (Å²) in [4.78, 5) is 10.8. The number of esters is 1. The topological polar surface area (TPSA) is 64.3 Å². The van der Waals surface area contributed by atoms with Gasteiger partial charge in [0.1, 0.15) is 6.04 Å². The minimum atomic E-state index is -0.215. The zero-order valence-electron chi connectivity index (χ0n) is 5.96. The molecule has 1 fully saturated rings. The van der Waals surface area contributed by atoms with Crippen LogP contribution in [0, 0.1) is 0 Å². The van der Waals surface area contributed by atoms with E-state index in [9.17, 15) is 4.79 Å². The molecular weight excluding hydrogens is 132 g/mol. The first-order chi connectivity index (χ1) is 4.74. The van der Waals surface area contributed by atoms with Crippen molar-refractivity contribution in [3.05, 3.63) is 0 Å². The highest BCUT2D eigenvalue weighted by atomic mass is 16.5. The molecule has 0 aromatic heterocycles. The number of methoxy groups -OCH3 is 1. The molecule has 0 radical (unpaired) electrons. The fourth-order valence-electron chi connectivity index (χ4n) is 1.08. The zero-order valence-corrected chi connectivity index (χ0v) is 5.96. The van der Waals surface area contributed by atoms with E-state index in [1.165, 1.54) is 7.11 Å². The summed E-state index contributed by atoms with van der Waals surface area (Å²) in [7, 11) is 1.38. The van der Waals surface area contributed by atoms with Crippen LogP contribution in [-0.2, 0) is 9.53 Å². The van der Waals surface area contributed by atoms with Crippen LogP contribution < -0.4 is 11.1 Å². The van der Waals surface area contributed by atoms with Gasteiger partial charge >= 0.3 is 5.97 Å². The Morgan fingerprint density at radius 3 is 2.90 bits per heavy atom. The number of rotatable bonds is 1. The van der Waals surface area contributed by atoms with Crippen LogP contribution >= 0.6 is 0 Å². The molecule has 0 aliphatic carbocycles. The molecule has 4 heteroatoms. The highest BCUT2D eigenvalue weighted by Gasteiger charge is 2.27. The van der Waals surface area contributed by atoms with Gasteiger partial charge in [-0.25, -0.2) is 0 Å². The average Bonchev–Trinajstić information content (AvgIpc) is 2.34. The van der Waals surface area contributed by atoms with E-state index in [1.54, 1.807) is 0 Å². The summed E-state index contributed by atoms with van der Waals surface area (Å²) in [6.45, 7) is 0.708. The monoisotopic (exact) mass is 144 g/mol. The van der Waals surface area contributed by atoms with Crippen LogP contribution in [0.2, 0.25) is 0 Å². The molecule has 58 valence electrons. The lowest BCUT2D eigenvalue weighted by Crippen LogP contribution is -2.31. The van der Waals surface area contributed by atoms with Crippen LogP contribution in [0.4, 0.5) is 0 Å². The lowest BCUT2D eigenvalue weighted by Gasteiger charge is -2.05. The number of nitrogens with one attached hydrogen (secondary N) is 1. The van der Waals surface area contributed by atoms with Crippen molar-refractivity contribution in [3.63, 3.8) is 0 Å². The Kier molecular flexibility index (Phi) is 2.24. The van der Waals surface area contributed by atoms with Crippen molar-refractivity contribution >= 4 is 5.97 Å². The van der Waals surface area contributed by atoms with Gasteiger partial charge in [-0.1, -0.05) is 0 Å². The van der Waals surface area contributed by atoms with Crippen LogP contribution in [0.25, 0.3) is 0 Å². The highest BCUT2D eigenvalue weighted by Crippen LogP contribution is 2.04. The number of nitrogens with two attached hydrogens (primary N) is 1. The fourth-order valence-corrected chi connectivity index (χ4v) is 1.08. The van der Waals surface area contributed by atoms with Gasteiger partial charge in [0.05, 0.1) is 7.11 Å². The first-order valence-electron chi connectivity index (χ1n) is 3.31. The van der Waals surface area contributed by atoms with E-state index < -0.39 is 0 Å². The quantitative estimate of drug-likeness (QED) is 0.456. The van der Waals surface area contributed by atoms with Crippen molar-refractivity contribution in [2.24, 2.45) is 5.73 Å². The summed E-state index contributed by atoms with van der Waals surface area (Å²) >= 11 is 0. The standard InChI is InChI=1S/C6H12N2O2/c1-10-6(9)5-2-4(7)3-8-5/h4-5,8H,2-3,7H2,1H3/t4-,5?/m0/s1. The van der Waals surface area contributed by atoms with Gasteiger partial charge < -0.3 is 15.8 Å². The fraction of sp³-hybridized carbons (Fsp3) is 0.833. The molecule has 1 saturated heterocycles. The van der Waals surface area contributed by atoms with Gasteiger partial charge in [-0.2, -0.15) is 0 Å². The number of hydrogen-bond donors (Lipinski definition) is 2. The minimum Gasteiger partial charge on any atom is -0.468 e. The van der Waals surface area contributed by atoms with Gasteiger partial charge in [0, 0.05) is 12.6 Å². The van der Waals surface area contributed by atoms with Crippen molar-refractivity contribution in [1.29, 1.82) is 0 Å². The third-order valence-corrected chi connectivity index (χ3v) is 1.65. The lowest BCUT2D eigenvalue weighted by atomic mass is 10.2. The smallest absolute Gasteiger partial charge is 0.322 e. The Bertz CT molecular complexity index is 138. The Hall–Kier alpha value is -0.610. The molecular formula is C6H12N2O2. The van der Waals surface area contributed by atoms with Crippen molar-refractivity contribution in [2.75, 3.05) is 13.7 Å². The Morgan fingerprint density at radius 1 is 1.80 bits per heavy atom. The maximum Gasteiger partial charge on any atom is 0.322 e. The summed E-state index contributed by atoms with van der Waals surface area (Å²) in [5.74, 6) is -0.215. The molecule has 4 nitrogen and oxygen atoms in total. The van der Waals surface area contributed by atoms with Gasteiger partial charge in [-0.05, 0) is 6.42 Å². The van der Waals surface area contributed by atoms with Crippen LogP contribution in [-0.4, -0.2) is 31.7 Å². The van der Waals surface area contributed by atoms with E-state index in [0.717, 1.165) is 0 Å². The second-order valence-corrected chi connectivity index (χ2v) is 2.48. The molecule has 0 aromatic rings. The third kappa shape index (κ3) is 1.46. The summed E-state index contributed by atoms with van der Waals surface area (Å²) < 4.78 is 4.53. The van der Waals surface area contributed by atoms with Crippen molar-refractivity contribution in [2.45, 2.75) is 18.5 Å². The largest absolute Gasteiger partial charge is 0.468 e. The summed E-state index contributed by atoms with van der Waals surface area (Å²) in [5.41, 5.74) is 5.55. The van der Waals surface area contributed by atoms with E-state index in [2.05, 4.69) is 10.1 Å². The van der Waals surface area contributed by atoms with E-state index in [4.69, 9.17) is 5.73 Å². The molecule has 1 heterocycles. The summed E-state index contributed by atoms with van der Waals surface area (Å²) in [5, 5.41) is 2.96. The highest BCUT2D eigenvalue weighted by molar-refractivity contribution is 5.76. The lowest BCUT2D eigenvalue weighted by molar-refractivity contribution is -0.142. The SMILES string of the molecule is COC(=O)C1C[C@H](N)CN1. The number of ether oxygens (including phenoxy) is 1. The van der Waals surface area contributed by atoms with Gasteiger partial charge in [0.15, 0.2) is 0 Å². The minimum absolute atomic E-state index is 0.101. The molecule has 0 spiro atoms. The molecule has 2 atom stereocenters. The number of hydrogen-bond acceptors (Lipinski definition) is 4. The first-order valence-corrected chi connectivity index (χ1v) is 3.31.